The first kappa shape index (κ1) is 15.5. The molecule has 3 nitrogen and oxygen atoms in total. The van der Waals surface area contributed by atoms with E-state index in [0.29, 0.717) is 19.6 Å². The molecule has 18 heavy (non-hydrogen) atoms. The quantitative estimate of drug-likeness (QED) is 0.813. The first-order chi connectivity index (χ1) is 8.58. The predicted molar refractivity (Wildman–Crippen MR) is 78.0 cm³/mol. The molecule has 102 valence electrons. The van der Waals surface area contributed by atoms with Crippen LogP contribution in [0.2, 0.25) is 0 Å². The Labute approximate surface area is 117 Å². The summed E-state index contributed by atoms with van der Waals surface area (Å²) in [5.41, 5.74) is 6.57. The Bertz CT molecular complexity index is 371. The highest BCUT2D eigenvalue weighted by molar-refractivity contribution is 9.10. The molecule has 3 N–H and O–H groups in total. The lowest BCUT2D eigenvalue weighted by atomic mass is 9.94. The molecule has 2 unspecified atom stereocenters. The standard InChI is InChI=1S/C14H22BrNO2/c1-3-6-18-14-5-4-11(15)8-13(14)10(2)7-12(17)9-16/h4-5,8,10,12,17H,3,6-7,9,16H2,1-2H3. The smallest absolute Gasteiger partial charge is 0.122 e. The first-order valence-corrected chi connectivity index (χ1v) is 7.18. The fraction of sp³-hybridized carbons (Fsp3) is 0.571. The van der Waals surface area contributed by atoms with Crippen LogP contribution in [0.5, 0.6) is 5.75 Å². The van der Waals surface area contributed by atoms with Crippen molar-refractivity contribution in [1.29, 1.82) is 0 Å². The van der Waals surface area contributed by atoms with E-state index in [1.165, 1.54) is 0 Å². The molecule has 0 bridgehead atoms. The van der Waals surface area contributed by atoms with Crippen molar-refractivity contribution in [3.05, 3.63) is 28.2 Å². The third kappa shape index (κ3) is 4.59. The van der Waals surface area contributed by atoms with Crippen LogP contribution >= 0.6 is 15.9 Å². The van der Waals surface area contributed by atoms with Gasteiger partial charge >= 0.3 is 0 Å². The fourth-order valence-electron chi connectivity index (χ4n) is 1.88. The van der Waals surface area contributed by atoms with Crippen molar-refractivity contribution in [2.45, 2.75) is 38.7 Å². The summed E-state index contributed by atoms with van der Waals surface area (Å²) in [6.07, 6.45) is 1.17. The molecule has 0 aliphatic carbocycles. The Morgan fingerprint density at radius 1 is 1.44 bits per heavy atom. The van der Waals surface area contributed by atoms with Crippen LogP contribution in [0.15, 0.2) is 22.7 Å². The summed E-state index contributed by atoms with van der Waals surface area (Å²) in [6.45, 7) is 5.17. The number of halogens is 1. The molecule has 0 saturated carbocycles. The lowest BCUT2D eigenvalue weighted by Crippen LogP contribution is -2.21. The van der Waals surface area contributed by atoms with Crippen LogP contribution in [0, 0.1) is 0 Å². The summed E-state index contributed by atoms with van der Waals surface area (Å²) < 4.78 is 6.77. The Morgan fingerprint density at radius 3 is 2.78 bits per heavy atom. The van der Waals surface area contributed by atoms with Crippen molar-refractivity contribution in [3.63, 3.8) is 0 Å². The summed E-state index contributed by atoms with van der Waals surface area (Å²) in [6, 6.07) is 6.00. The van der Waals surface area contributed by atoms with Crippen LogP contribution < -0.4 is 10.5 Å². The molecule has 0 aromatic heterocycles. The Balaban J connectivity index is 2.86. The minimum absolute atomic E-state index is 0.216. The van der Waals surface area contributed by atoms with Crippen LogP contribution in [0.1, 0.15) is 38.2 Å². The zero-order valence-electron chi connectivity index (χ0n) is 11.0. The minimum atomic E-state index is -0.460. The summed E-state index contributed by atoms with van der Waals surface area (Å²) in [5.74, 6) is 1.12. The molecule has 0 radical (unpaired) electrons. The van der Waals surface area contributed by atoms with E-state index >= 15 is 0 Å². The van der Waals surface area contributed by atoms with Gasteiger partial charge in [0.15, 0.2) is 0 Å². The van der Waals surface area contributed by atoms with E-state index < -0.39 is 6.10 Å². The van der Waals surface area contributed by atoms with Crippen molar-refractivity contribution in [1.82, 2.24) is 0 Å². The minimum Gasteiger partial charge on any atom is -0.493 e. The lowest BCUT2D eigenvalue weighted by Gasteiger charge is -2.19. The SMILES string of the molecule is CCCOc1ccc(Br)cc1C(C)CC(O)CN. The third-order valence-electron chi connectivity index (χ3n) is 2.86. The lowest BCUT2D eigenvalue weighted by molar-refractivity contribution is 0.164. The van der Waals surface area contributed by atoms with E-state index in [2.05, 4.69) is 35.8 Å². The van der Waals surface area contributed by atoms with Gasteiger partial charge in [0.1, 0.15) is 5.75 Å². The number of nitrogens with two attached hydrogens (primary N) is 1. The summed E-state index contributed by atoms with van der Waals surface area (Å²) in [4.78, 5) is 0. The molecular weight excluding hydrogens is 294 g/mol. The van der Waals surface area contributed by atoms with Crippen LogP contribution in [0.4, 0.5) is 0 Å². The van der Waals surface area contributed by atoms with Crippen molar-refractivity contribution in [3.8, 4) is 5.75 Å². The summed E-state index contributed by atoms with van der Waals surface area (Å²) in [7, 11) is 0. The van der Waals surface area contributed by atoms with Gasteiger partial charge < -0.3 is 15.6 Å². The molecule has 0 fully saturated rings. The molecule has 0 aliphatic heterocycles. The highest BCUT2D eigenvalue weighted by atomic mass is 79.9. The number of benzene rings is 1. The van der Waals surface area contributed by atoms with E-state index in [-0.39, 0.29) is 5.92 Å². The van der Waals surface area contributed by atoms with Gasteiger partial charge in [-0.15, -0.1) is 0 Å². The molecule has 1 rings (SSSR count). The number of ether oxygens (including phenoxy) is 1. The van der Waals surface area contributed by atoms with Crippen molar-refractivity contribution in [2.75, 3.05) is 13.2 Å². The second kappa shape index (κ2) is 7.77. The van der Waals surface area contributed by atoms with Gasteiger partial charge in [-0.25, -0.2) is 0 Å². The van der Waals surface area contributed by atoms with E-state index in [1.54, 1.807) is 0 Å². The molecule has 1 aromatic rings. The molecule has 0 heterocycles. The number of aliphatic hydroxyl groups is 1. The van der Waals surface area contributed by atoms with Gasteiger partial charge in [0.25, 0.3) is 0 Å². The molecular formula is C14H22BrNO2. The van der Waals surface area contributed by atoms with Crippen LogP contribution in [-0.2, 0) is 0 Å². The largest absolute Gasteiger partial charge is 0.493 e. The fourth-order valence-corrected chi connectivity index (χ4v) is 2.26. The van der Waals surface area contributed by atoms with E-state index in [4.69, 9.17) is 10.5 Å². The molecule has 1 aromatic carbocycles. The average Bonchev–Trinajstić information content (AvgIpc) is 2.36. The topological polar surface area (TPSA) is 55.5 Å². The maximum absolute atomic E-state index is 9.65. The number of hydrogen-bond acceptors (Lipinski definition) is 3. The predicted octanol–water partition coefficient (Wildman–Crippen LogP) is 3.05. The molecule has 2 atom stereocenters. The van der Waals surface area contributed by atoms with Gasteiger partial charge in [-0.1, -0.05) is 29.8 Å². The van der Waals surface area contributed by atoms with Gasteiger partial charge in [0.2, 0.25) is 0 Å². The van der Waals surface area contributed by atoms with Crippen LogP contribution in [0.3, 0.4) is 0 Å². The van der Waals surface area contributed by atoms with Gasteiger partial charge in [0, 0.05) is 11.0 Å². The number of aliphatic hydroxyl groups excluding tert-OH is 1. The Kier molecular flexibility index (Phi) is 6.68. The summed E-state index contributed by atoms with van der Waals surface area (Å²) in [5, 5.41) is 9.65. The monoisotopic (exact) mass is 315 g/mol. The number of hydrogen-bond donors (Lipinski definition) is 2. The van der Waals surface area contributed by atoms with E-state index in [1.807, 2.05) is 12.1 Å². The first-order valence-electron chi connectivity index (χ1n) is 6.38. The third-order valence-corrected chi connectivity index (χ3v) is 3.36. The maximum atomic E-state index is 9.65. The zero-order valence-corrected chi connectivity index (χ0v) is 12.6. The molecule has 4 heteroatoms. The van der Waals surface area contributed by atoms with Crippen LogP contribution in [-0.4, -0.2) is 24.4 Å². The highest BCUT2D eigenvalue weighted by Gasteiger charge is 2.15. The molecule has 0 spiro atoms. The van der Waals surface area contributed by atoms with Gasteiger partial charge in [-0.2, -0.15) is 0 Å². The zero-order chi connectivity index (χ0) is 13.5. The highest BCUT2D eigenvalue weighted by Crippen LogP contribution is 2.32. The van der Waals surface area contributed by atoms with Crippen molar-refractivity contribution in [2.24, 2.45) is 5.73 Å². The maximum Gasteiger partial charge on any atom is 0.122 e. The summed E-state index contributed by atoms with van der Waals surface area (Å²) >= 11 is 3.47. The Hall–Kier alpha value is -0.580. The van der Waals surface area contributed by atoms with Gasteiger partial charge in [0.05, 0.1) is 12.7 Å². The average molecular weight is 316 g/mol. The second-order valence-electron chi connectivity index (χ2n) is 4.56. The Morgan fingerprint density at radius 2 is 2.17 bits per heavy atom. The van der Waals surface area contributed by atoms with Crippen molar-refractivity contribution < 1.29 is 9.84 Å². The molecule has 0 amide bonds. The van der Waals surface area contributed by atoms with Crippen LogP contribution in [0.25, 0.3) is 0 Å². The normalized spacial score (nSPS) is 14.3. The second-order valence-corrected chi connectivity index (χ2v) is 5.47. The van der Waals surface area contributed by atoms with Crippen molar-refractivity contribution >= 4 is 15.9 Å². The van der Waals surface area contributed by atoms with E-state index in [9.17, 15) is 5.11 Å². The number of rotatable bonds is 7. The van der Waals surface area contributed by atoms with Gasteiger partial charge in [-0.3, -0.25) is 0 Å². The van der Waals surface area contributed by atoms with Gasteiger partial charge in [-0.05, 0) is 42.5 Å². The molecule has 0 aliphatic rings. The molecule has 0 saturated heterocycles. The van der Waals surface area contributed by atoms with E-state index in [0.717, 1.165) is 22.2 Å².